The van der Waals surface area contributed by atoms with Gasteiger partial charge in [-0.2, -0.15) is 0 Å². The standard InChI is InChI=1S/C52H93NO7/c1-6-8-10-12-14-16-18-20-22-24-25-27-28-30-32-34-36-38-40-42-50(54)59-47-48(46-58-45-44-49(52(56)57)53(3,4)5)60-51(55)43-41-39-37-35-33-31-29-26-23-21-19-17-15-13-11-9-7-2/h14-18,20-21,23,48-49H,6-13,19,22,24-47H2,1-5H3/p+1/b16-14+,17-15+,20-18+,23-21+. The predicted octanol–water partition coefficient (Wildman–Crippen LogP) is 14.0. The normalized spacial score (nSPS) is 13.3. The van der Waals surface area contributed by atoms with Crippen LogP contribution in [0.3, 0.4) is 0 Å². The Morgan fingerprint density at radius 3 is 1.38 bits per heavy atom. The first-order chi connectivity index (χ1) is 29.1. The lowest BCUT2D eigenvalue weighted by Crippen LogP contribution is -2.50. The molecule has 0 aliphatic rings. The quantitative estimate of drug-likeness (QED) is 0.0214. The van der Waals surface area contributed by atoms with Crippen molar-refractivity contribution in [3.05, 3.63) is 48.6 Å². The number of carboxylic acids is 1. The minimum atomic E-state index is -0.877. The van der Waals surface area contributed by atoms with E-state index in [-0.39, 0.29) is 36.2 Å². The second kappa shape index (κ2) is 43.0. The molecule has 2 unspecified atom stereocenters. The van der Waals surface area contributed by atoms with Crippen molar-refractivity contribution < 1.29 is 38.2 Å². The average Bonchev–Trinajstić information content (AvgIpc) is 3.21. The van der Waals surface area contributed by atoms with Crippen LogP contribution in [0.5, 0.6) is 0 Å². The van der Waals surface area contributed by atoms with Crippen molar-refractivity contribution in [1.29, 1.82) is 0 Å². The fraction of sp³-hybridized carbons (Fsp3) is 0.788. The summed E-state index contributed by atoms with van der Waals surface area (Å²) in [5.74, 6) is -1.48. The van der Waals surface area contributed by atoms with Gasteiger partial charge in [-0.15, -0.1) is 0 Å². The van der Waals surface area contributed by atoms with Crippen LogP contribution >= 0.6 is 0 Å². The SMILES string of the molecule is CCCCC/C=C/C=C/CCCCCCCCCCCCC(=O)OCC(COCCC(C(=O)O)[N+](C)(C)C)OC(=O)CCCCCCCCC/C=C/C/C=C/CCCCC. The van der Waals surface area contributed by atoms with Gasteiger partial charge in [0.05, 0.1) is 34.4 Å². The van der Waals surface area contributed by atoms with Gasteiger partial charge in [-0.05, 0) is 70.6 Å². The molecule has 0 aromatic rings. The third-order valence-corrected chi connectivity index (χ3v) is 11.0. The summed E-state index contributed by atoms with van der Waals surface area (Å²) in [5, 5.41) is 9.64. The van der Waals surface area contributed by atoms with Crippen molar-refractivity contribution in [3.63, 3.8) is 0 Å². The Bertz CT molecular complexity index is 1120. The molecular formula is C52H94NO7+. The van der Waals surface area contributed by atoms with Crippen LogP contribution in [-0.2, 0) is 28.6 Å². The molecule has 0 amide bonds. The average molecular weight is 845 g/mol. The van der Waals surface area contributed by atoms with Gasteiger partial charge >= 0.3 is 17.9 Å². The number of quaternary nitrogens is 1. The van der Waals surface area contributed by atoms with E-state index < -0.39 is 18.1 Å². The highest BCUT2D eigenvalue weighted by Crippen LogP contribution is 2.15. The molecular weight excluding hydrogens is 751 g/mol. The Balaban J connectivity index is 4.28. The molecule has 0 aliphatic carbocycles. The van der Waals surface area contributed by atoms with E-state index in [2.05, 4.69) is 62.5 Å². The highest BCUT2D eigenvalue weighted by Gasteiger charge is 2.31. The third kappa shape index (κ3) is 40.7. The number of unbranched alkanes of at least 4 members (excludes halogenated alkanes) is 23. The molecule has 348 valence electrons. The van der Waals surface area contributed by atoms with Gasteiger partial charge in [-0.25, -0.2) is 4.79 Å². The maximum Gasteiger partial charge on any atom is 0.362 e. The summed E-state index contributed by atoms with van der Waals surface area (Å²) in [5.41, 5.74) is 0. The number of likely N-dealkylation sites (N-methyl/N-ethyl adjacent to an activating group) is 1. The van der Waals surface area contributed by atoms with Crippen molar-refractivity contribution in [2.24, 2.45) is 0 Å². The van der Waals surface area contributed by atoms with Gasteiger partial charge < -0.3 is 23.8 Å². The fourth-order valence-electron chi connectivity index (χ4n) is 7.11. The van der Waals surface area contributed by atoms with Gasteiger partial charge in [0.1, 0.15) is 6.61 Å². The Kier molecular flexibility index (Phi) is 41.0. The Labute approximate surface area is 369 Å². The van der Waals surface area contributed by atoms with Gasteiger partial charge in [-0.3, -0.25) is 9.59 Å². The molecule has 0 bridgehead atoms. The molecule has 2 atom stereocenters. The largest absolute Gasteiger partial charge is 0.477 e. The summed E-state index contributed by atoms with van der Waals surface area (Å²) in [6, 6.07) is -0.617. The molecule has 0 radical (unpaired) electrons. The van der Waals surface area contributed by atoms with Crippen molar-refractivity contribution in [2.45, 2.75) is 225 Å². The van der Waals surface area contributed by atoms with Gasteiger partial charge in [0.15, 0.2) is 12.1 Å². The minimum absolute atomic E-state index is 0.0559. The lowest BCUT2D eigenvalue weighted by Gasteiger charge is -2.31. The van der Waals surface area contributed by atoms with Crippen molar-refractivity contribution >= 4 is 17.9 Å². The Hall–Kier alpha value is -2.71. The van der Waals surface area contributed by atoms with Gasteiger partial charge in [0.2, 0.25) is 0 Å². The van der Waals surface area contributed by atoms with E-state index in [0.717, 1.165) is 51.4 Å². The Morgan fingerprint density at radius 2 is 0.933 bits per heavy atom. The highest BCUT2D eigenvalue weighted by atomic mass is 16.6. The maximum absolute atomic E-state index is 12.8. The van der Waals surface area contributed by atoms with Crippen LogP contribution in [0.2, 0.25) is 0 Å². The lowest BCUT2D eigenvalue weighted by molar-refractivity contribution is -0.887. The van der Waals surface area contributed by atoms with Gasteiger partial charge in [-0.1, -0.05) is 172 Å². The number of carboxylic acid groups (broad SMARTS) is 1. The van der Waals surface area contributed by atoms with Crippen LogP contribution in [0.25, 0.3) is 0 Å². The molecule has 0 fully saturated rings. The molecule has 0 heterocycles. The van der Waals surface area contributed by atoms with Gasteiger partial charge in [0, 0.05) is 19.3 Å². The van der Waals surface area contributed by atoms with E-state index in [1.807, 2.05) is 21.1 Å². The number of allylic oxidation sites excluding steroid dienone is 8. The molecule has 0 saturated heterocycles. The molecule has 0 aromatic heterocycles. The van der Waals surface area contributed by atoms with Crippen LogP contribution in [0.1, 0.15) is 213 Å². The topological polar surface area (TPSA) is 99.1 Å². The lowest BCUT2D eigenvalue weighted by atomic mass is 10.1. The zero-order valence-corrected chi connectivity index (χ0v) is 39.7. The monoisotopic (exact) mass is 845 g/mol. The number of carbonyl (C=O) groups excluding carboxylic acids is 2. The number of carbonyl (C=O) groups is 3. The number of esters is 2. The zero-order chi connectivity index (χ0) is 44.2. The number of rotatable bonds is 44. The predicted molar refractivity (Wildman–Crippen MR) is 252 cm³/mol. The van der Waals surface area contributed by atoms with Crippen molar-refractivity contribution in [3.8, 4) is 0 Å². The van der Waals surface area contributed by atoms with E-state index in [1.54, 1.807) is 0 Å². The van der Waals surface area contributed by atoms with Crippen LogP contribution in [0.4, 0.5) is 0 Å². The highest BCUT2D eigenvalue weighted by molar-refractivity contribution is 5.72. The van der Waals surface area contributed by atoms with E-state index in [1.165, 1.54) is 128 Å². The van der Waals surface area contributed by atoms with E-state index in [4.69, 9.17) is 14.2 Å². The number of hydrogen-bond acceptors (Lipinski definition) is 6. The Morgan fingerprint density at radius 1 is 0.517 bits per heavy atom. The van der Waals surface area contributed by atoms with E-state index >= 15 is 0 Å². The zero-order valence-electron chi connectivity index (χ0n) is 39.7. The fourth-order valence-corrected chi connectivity index (χ4v) is 7.11. The second-order valence-corrected chi connectivity index (χ2v) is 17.7. The molecule has 0 aliphatic heterocycles. The van der Waals surface area contributed by atoms with Crippen LogP contribution in [0, 0.1) is 0 Å². The van der Waals surface area contributed by atoms with E-state index in [0.29, 0.717) is 19.3 Å². The first-order valence-corrected chi connectivity index (χ1v) is 24.7. The van der Waals surface area contributed by atoms with Crippen LogP contribution in [0.15, 0.2) is 48.6 Å². The van der Waals surface area contributed by atoms with Crippen molar-refractivity contribution in [1.82, 2.24) is 0 Å². The first kappa shape index (κ1) is 57.3. The molecule has 1 N–H and O–H groups in total. The molecule has 0 spiro atoms. The summed E-state index contributed by atoms with van der Waals surface area (Å²) in [6.07, 6.45) is 51.5. The number of hydrogen-bond donors (Lipinski definition) is 1. The number of nitrogens with zero attached hydrogens (tertiary/aromatic N) is 1. The maximum atomic E-state index is 12.8. The number of ether oxygens (including phenoxy) is 3. The summed E-state index contributed by atoms with van der Waals surface area (Å²) in [7, 11) is 5.53. The summed E-state index contributed by atoms with van der Waals surface area (Å²) in [4.78, 5) is 37.1. The minimum Gasteiger partial charge on any atom is -0.477 e. The smallest absolute Gasteiger partial charge is 0.362 e. The molecule has 0 rings (SSSR count). The number of aliphatic carboxylic acids is 1. The van der Waals surface area contributed by atoms with Crippen molar-refractivity contribution in [2.75, 3.05) is 41.0 Å². The van der Waals surface area contributed by atoms with Crippen LogP contribution < -0.4 is 0 Å². The molecule has 60 heavy (non-hydrogen) atoms. The summed E-state index contributed by atoms with van der Waals surface area (Å²) < 4.78 is 17.3. The first-order valence-electron chi connectivity index (χ1n) is 24.7. The second-order valence-electron chi connectivity index (χ2n) is 17.7. The molecule has 0 aromatic carbocycles. The molecule has 8 heteroatoms. The van der Waals surface area contributed by atoms with E-state index in [9.17, 15) is 19.5 Å². The molecule has 0 saturated carbocycles. The van der Waals surface area contributed by atoms with Gasteiger partial charge in [0.25, 0.3) is 0 Å². The molecule has 8 nitrogen and oxygen atoms in total. The summed E-state index contributed by atoms with van der Waals surface area (Å²) >= 11 is 0. The van der Waals surface area contributed by atoms with Crippen LogP contribution in [-0.4, -0.2) is 80.6 Å². The summed E-state index contributed by atoms with van der Waals surface area (Å²) in [6.45, 7) is 4.69. The third-order valence-electron chi connectivity index (χ3n) is 11.0.